The number of carbonyl (C=O) groups is 2. The van der Waals surface area contributed by atoms with Crippen LogP contribution in [0.5, 0.6) is 11.5 Å². The maximum absolute atomic E-state index is 13.6. The number of hydrogen-bond acceptors (Lipinski definition) is 5. The van der Waals surface area contributed by atoms with E-state index in [1.165, 1.54) is 11.3 Å². The van der Waals surface area contributed by atoms with Crippen LogP contribution in [0.15, 0.2) is 30.3 Å². The molecule has 1 fully saturated rings. The molecule has 1 heterocycles. The first-order chi connectivity index (χ1) is 17.9. The summed E-state index contributed by atoms with van der Waals surface area (Å²) in [5.41, 5.74) is 1.07. The minimum absolute atomic E-state index is 0.0265. The summed E-state index contributed by atoms with van der Waals surface area (Å²) in [6.07, 6.45) is 8.13. The fourth-order valence-electron chi connectivity index (χ4n) is 4.73. The van der Waals surface area contributed by atoms with Gasteiger partial charge in [0.1, 0.15) is 6.54 Å². The van der Waals surface area contributed by atoms with E-state index in [9.17, 15) is 9.59 Å². The Morgan fingerprint density at radius 2 is 1.76 bits per heavy atom. The molecule has 1 N–H and O–H groups in total. The van der Waals surface area contributed by atoms with Gasteiger partial charge in [0.15, 0.2) is 11.5 Å². The van der Waals surface area contributed by atoms with Crippen molar-refractivity contribution >= 4 is 23.3 Å². The summed E-state index contributed by atoms with van der Waals surface area (Å²) < 4.78 is 10.8. The Balaban J connectivity index is 1.71. The SMILES string of the molecule is CCCCN(CC(=O)N(CCc1ccc(OC)c(OC)c1)Cc1ccc(C)s1)C(=O)NC1CCCCC1. The molecule has 3 amide bonds. The van der Waals surface area contributed by atoms with Crippen molar-refractivity contribution in [1.29, 1.82) is 0 Å². The lowest BCUT2D eigenvalue weighted by atomic mass is 9.96. The van der Waals surface area contributed by atoms with E-state index in [2.05, 4.69) is 31.3 Å². The van der Waals surface area contributed by atoms with Crippen molar-refractivity contribution in [3.63, 3.8) is 0 Å². The van der Waals surface area contributed by atoms with Crippen LogP contribution in [0.2, 0.25) is 0 Å². The second-order valence-corrected chi connectivity index (χ2v) is 11.2. The minimum atomic E-state index is -0.111. The predicted octanol–water partition coefficient (Wildman–Crippen LogP) is 5.79. The number of nitrogens with one attached hydrogen (secondary N) is 1. The third-order valence-corrected chi connectivity index (χ3v) is 7.93. The number of ether oxygens (including phenoxy) is 2. The molecule has 1 aliphatic carbocycles. The number of unbranched alkanes of at least 4 members (excludes halogenated alkanes) is 1. The van der Waals surface area contributed by atoms with Gasteiger partial charge < -0.3 is 24.6 Å². The van der Waals surface area contributed by atoms with Gasteiger partial charge in [0.25, 0.3) is 0 Å². The molecule has 1 aromatic carbocycles. The van der Waals surface area contributed by atoms with Crippen LogP contribution in [-0.2, 0) is 17.8 Å². The van der Waals surface area contributed by atoms with E-state index in [4.69, 9.17) is 9.47 Å². The second kappa shape index (κ2) is 14.9. The summed E-state index contributed by atoms with van der Waals surface area (Å²) in [6, 6.07) is 10.1. The van der Waals surface area contributed by atoms with Crippen molar-refractivity contribution in [1.82, 2.24) is 15.1 Å². The molecule has 1 aromatic heterocycles. The van der Waals surface area contributed by atoms with E-state index >= 15 is 0 Å². The third-order valence-electron chi connectivity index (χ3n) is 6.94. The van der Waals surface area contributed by atoms with Crippen LogP contribution in [-0.4, -0.2) is 61.6 Å². The lowest BCUT2D eigenvalue weighted by Gasteiger charge is -2.30. The van der Waals surface area contributed by atoms with Crippen molar-refractivity contribution < 1.29 is 19.1 Å². The molecule has 8 heteroatoms. The maximum atomic E-state index is 13.6. The Kier molecular flexibility index (Phi) is 11.6. The molecule has 204 valence electrons. The highest BCUT2D eigenvalue weighted by atomic mass is 32.1. The molecular formula is C29H43N3O4S. The smallest absolute Gasteiger partial charge is 0.318 e. The van der Waals surface area contributed by atoms with Crippen LogP contribution in [0.4, 0.5) is 4.79 Å². The number of nitrogens with zero attached hydrogens (tertiary/aromatic N) is 2. The van der Waals surface area contributed by atoms with Gasteiger partial charge in [-0.25, -0.2) is 4.79 Å². The van der Waals surface area contributed by atoms with Crippen molar-refractivity contribution in [2.75, 3.05) is 33.9 Å². The number of amides is 3. The second-order valence-electron chi connectivity index (χ2n) is 9.83. The van der Waals surface area contributed by atoms with Crippen LogP contribution in [0.1, 0.15) is 67.2 Å². The molecular weight excluding hydrogens is 486 g/mol. The number of rotatable bonds is 13. The van der Waals surface area contributed by atoms with E-state index < -0.39 is 0 Å². The quantitative estimate of drug-likeness (QED) is 0.357. The van der Waals surface area contributed by atoms with Crippen LogP contribution in [0.3, 0.4) is 0 Å². The van der Waals surface area contributed by atoms with E-state index in [1.54, 1.807) is 30.5 Å². The standard InChI is InChI=1S/C29H43N3O4S/c1-5-6-17-32(29(34)30-24-10-8-7-9-11-24)21-28(33)31(20-25-14-12-22(2)37-25)18-16-23-13-15-26(35-3)27(19-23)36-4/h12-15,19,24H,5-11,16-18,20-21H2,1-4H3,(H,30,34). The average Bonchev–Trinajstić information content (AvgIpc) is 3.33. The number of thiophene rings is 1. The molecule has 0 saturated heterocycles. The van der Waals surface area contributed by atoms with Crippen molar-refractivity contribution in [3.05, 3.63) is 45.6 Å². The summed E-state index contributed by atoms with van der Waals surface area (Å²) >= 11 is 1.71. The molecule has 0 unspecified atom stereocenters. The van der Waals surface area contributed by atoms with E-state index in [-0.39, 0.29) is 24.5 Å². The van der Waals surface area contributed by atoms with Gasteiger partial charge in [-0.2, -0.15) is 0 Å². The summed E-state index contributed by atoms with van der Waals surface area (Å²) in [7, 11) is 3.25. The van der Waals surface area contributed by atoms with Crippen molar-refractivity contribution in [2.24, 2.45) is 0 Å². The molecule has 0 spiro atoms. The zero-order chi connectivity index (χ0) is 26.6. The number of benzene rings is 1. The summed E-state index contributed by atoms with van der Waals surface area (Å²) in [5, 5.41) is 3.20. The zero-order valence-electron chi connectivity index (χ0n) is 22.9. The largest absolute Gasteiger partial charge is 0.493 e. The van der Waals surface area contributed by atoms with Gasteiger partial charge in [-0.05, 0) is 62.4 Å². The molecule has 7 nitrogen and oxygen atoms in total. The van der Waals surface area contributed by atoms with Crippen LogP contribution in [0.25, 0.3) is 0 Å². The van der Waals surface area contributed by atoms with Gasteiger partial charge >= 0.3 is 6.03 Å². The topological polar surface area (TPSA) is 71.1 Å². The summed E-state index contributed by atoms with van der Waals surface area (Å²) in [4.78, 5) is 32.8. The van der Waals surface area contributed by atoms with Gasteiger partial charge in [-0.3, -0.25) is 4.79 Å². The average molecular weight is 530 g/mol. The fraction of sp³-hybridized carbons (Fsp3) is 0.586. The van der Waals surface area contributed by atoms with Crippen molar-refractivity contribution in [2.45, 2.75) is 77.8 Å². The third kappa shape index (κ3) is 8.95. The van der Waals surface area contributed by atoms with E-state index in [0.717, 1.165) is 49.0 Å². The summed E-state index contributed by atoms with van der Waals surface area (Å²) in [5.74, 6) is 1.34. The first-order valence-electron chi connectivity index (χ1n) is 13.5. The van der Waals surface area contributed by atoms with Crippen molar-refractivity contribution in [3.8, 4) is 11.5 Å². The molecule has 0 atom stereocenters. The predicted molar refractivity (Wildman–Crippen MR) is 150 cm³/mol. The maximum Gasteiger partial charge on any atom is 0.318 e. The highest BCUT2D eigenvalue weighted by Crippen LogP contribution is 2.28. The molecule has 1 aliphatic rings. The molecule has 3 rings (SSSR count). The van der Waals surface area contributed by atoms with E-state index in [1.807, 2.05) is 23.1 Å². The Bertz CT molecular complexity index is 1000. The first-order valence-corrected chi connectivity index (χ1v) is 14.3. The number of urea groups is 1. The Labute approximate surface area is 226 Å². The summed E-state index contributed by atoms with van der Waals surface area (Å²) in [6.45, 7) is 5.95. The highest BCUT2D eigenvalue weighted by molar-refractivity contribution is 7.11. The number of carbonyl (C=O) groups excluding carboxylic acids is 2. The number of methoxy groups -OCH3 is 2. The van der Waals surface area contributed by atoms with Crippen LogP contribution in [0, 0.1) is 6.92 Å². The highest BCUT2D eigenvalue weighted by Gasteiger charge is 2.24. The Morgan fingerprint density at radius 1 is 1.00 bits per heavy atom. The van der Waals surface area contributed by atoms with Gasteiger partial charge in [-0.1, -0.05) is 38.7 Å². The number of aryl methyl sites for hydroxylation is 1. The minimum Gasteiger partial charge on any atom is -0.493 e. The van der Waals surface area contributed by atoms with Gasteiger partial charge in [0.2, 0.25) is 5.91 Å². The Morgan fingerprint density at radius 3 is 2.41 bits per heavy atom. The lowest BCUT2D eigenvalue weighted by molar-refractivity contribution is -0.132. The van der Waals surface area contributed by atoms with Crippen LogP contribution >= 0.6 is 11.3 Å². The van der Waals surface area contributed by atoms with Gasteiger partial charge in [0, 0.05) is 28.9 Å². The normalized spacial score (nSPS) is 13.7. The van der Waals surface area contributed by atoms with Gasteiger partial charge in [0.05, 0.1) is 20.8 Å². The van der Waals surface area contributed by atoms with Crippen LogP contribution < -0.4 is 14.8 Å². The first kappa shape index (κ1) is 28.8. The molecule has 0 aliphatic heterocycles. The lowest BCUT2D eigenvalue weighted by Crippen LogP contribution is -2.50. The monoisotopic (exact) mass is 529 g/mol. The number of hydrogen-bond donors (Lipinski definition) is 1. The molecule has 0 bridgehead atoms. The molecule has 1 saturated carbocycles. The molecule has 0 radical (unpaired) electrons. The Hall–Kier alpha value is -2.74. The van der Waals surface area contributed by atoms with E-state index in [0.29, 0.717) is 37.6 Å². The van der Waals surface area contributed by atoms with Gasteiger partial charge in [-0.15, -0.1) is 11.3 Å². The zero-order valence-corrected chi connectivity index (χ0v) is 23.7. The molecule has 37 heavy (non-hydrogen) atoms. The fourth-order valence-corrected chi connectivity index (χ4v) is 5.63. The molecule has 2 aromatic rings.